The van der Waals surface area contributed by atoms with Crippen LogP contribution in [0.3, 0.4) is 0 Å². The molecule has 0 aliphatic carbocycles. The molecule has 0 aromatic rings. The van der Waals surface area contributed by atoms with Crippen molar-refractivity contribution in [2.45, 2.75) is 0 Å². The van der Waals surface area contributed by atoms with Crippen LogP contribution in [0.15, 0.2) is 0 Å². The third-order valence-corrected chi connectivity index (χ3v) is 0. The molecule has 3 nitrogen and oxygen atoms in total. The Morgan fingerprint density at radius 1 is 0.625 bits per heavy atom. The molecule has 0 atom stereocenters. The van der Waals surface area contributed by atoms with Crippen LogP contribution in [0.4, 0.5) is 0 Å². The summed E-state index contributed by atoms with van der Waals surface area (Å²) in [5, 5.41) is 0. The first-order valence-corrected chi connectivity index (χ1v) is 4.09. The van der Waals surface area contributed by atoms with Crippen LogP contribution in [0.5, 0.6) is 0 Å². The molecule has 8 heavy (non-hydrogen) atoms. The van der Waals surface area contributed by atoms with E-state index in [4.69, 9.17) is 10.2 Å². The Morgan fingerprint density at radius 3 is 0.625 bits per heavy atom. The molecule has 0 amide bonds. The summed E-state index contributed by atoms with van der Waals surface area (Å²) in [5.41, 5.74) is 0. The zero-order valence-corrected chi connectivity index (χ0v) is 9.10. The molecule has 8 heteroatoms. The minimum absolute atomic E-state index is 0. The summed E-state index contributed by atoms with van der Waals surface area (Å²) in [6, 6.07) is 0. The maximum atomic E-state index is 8.61. The third-order valence-electron chi connectivity index (χ3n) is 0. The molecule has 0 aliphatic rings. The molecular weight excluding hydrogens is 374 g/mol. The number of rotatable bonds is 0. The summed E-state index contributed by atoms with van der Waals surface area (Å²) in [4.78, 5) is 0. The van der Waals surface area contributed by atoms with E-state index in [0.717, 1.165) is 0 Å². The Morgan fingerprint density at radius 2 is 0.625 bits per heavy atom. The van der Waals surface area contributed by atoms with E-state index in [1.807, 2.05) is 0 Å². The minimum atomic E-state index is -4.28. The first-order chi connectivity index (χ1) is 1.73. The molecule has 0 spiro atoms. The Balaban J connectivity index is -0.00000000750. The molecule has 0 unspecified atom stereocenters. The van der Waals surface area contributed by atoms with Gasteiger partial charge >= 0.3 is 27.4 Å². The topological polar surface area (TPSA) is 51.2 Å². The van der Waals surface area contributed by atoms with Gasteiger partial charge in [0, 0.05) is 0 Å². The van der Waals surface area contributed by atoms with Gasteiger partial charge in [-0.3, -0.25) is 0 Å². The van der Waals surface area contributed by atoms with Crippen LogP contribution in [0.2, 0.25) is 0 Å². The van der Waals surface area contributed by atoms with Gasteiger partial charge < -0.3 is 49.6 Å². The van der Waals surface area contributed by atoms with Gasteiger partial charge in [-0.05, 0) is 0 Å². The first kappa shape index (κ1) is 34.9. The van der Waals surface area contributed by atoms with E-state index in [2.05, 4.69) is 0 Å². The third kappa shape index (κ3) is 182. The van der Waals surface area contributed by atoms with Gasteiger partial charge in [-0.25, -0.2) is 0 Å². The van der Waals surface area contributed by atoms with Crippen molar-refractivity contribution in [3.63, 3.8) is 0 Å². The molecule has 0 N–H and O–H groups in total. The van der Waals surface area contributed by atoms with Gasteiger partial charge in [0.2, 0.25) is 0 Å². The van der Waals surface area contributed by atoms with Crippen molar-refractivity contribution in [2.24, 2.45) is 0 Å². The maximum absolute atomic E-state index is 8.61. The van der Waals surface area contributed by atoms with Crippen molar-refractivity contribution in [3.8, 4) is 0 Å². The molecule has 0 fully saturated rings. The zero-order valence-electron chi connectivity index (χ0n) is 3.14. The SMILES string of the molecule is [Cl-].[Cl-].[Cl-].[Cl-].[O]=[W](=[O])=[O]. The van der Waals surface area contributed by atoms with Crippen LogP contribution in [0.1, 0.15) is 0 Å². The van der Waals surface area contributed by atoms with Crippen LogP contribution >= 0.6 is 0 Å². The van der Waals surface area contributed by atoms with Gasteiger partial charge in [0.15, 0.2) is 0 Å². The Hall–Kier alpha value is 1.25. The fraction of sp³-hybridized carbons (Fsp3) is 0. The fourth-order valence-electron chi connectivity index (χ4n) is 0. The Kier molecular flexibility index (Phi) is 105. The fourth-order valence-corrected chi connectivity index (χ4v) is 0. The van der Waals surface area contributed by atoms with Gasteiger partial charge in [-0.15, -0.1) is 0 Å². The second-order valence-corrected chi connectivity index (χ2v) is 1.67. The molecule has 0 bridgehead atoms. The molecule has 0 radical (unpaired) electrons. The monoisotopic (exact) mass is 372 g/mol. The summed E-state index contributed by atoms with van der Waals surface area (Å²) < 4.78 is 25.8. The van der Waals surface area contributed by atoms with E-state index >= 15 is 0 Å². The van der Waals surface area contributed by atoms with Crippen molar-refractivity contribution in [1.82, 2.24) is 0 Å². The second-order valence-electron chi connectivity index (χ2n) is 0.204. The van der Waals surface area contributed by atoms with Gasteiger partial charge in [-0.1, -0.05) is 0 Å². The van der Waals surface area contributed by atoms with E-state index in [-0.39, 0.29) is 49.6 Å². The second kappa shape index (κ2) is 24.0. The molecule has 0 saturated carbocycles. The predicted octanol–water partition coefficient (Wildman–Crippen LogP) is -12.3. The van der Waals surface area contributed by atoms with Gasteiger partial charge in [0.05, 0.1) is 0 Å². The predicted molar refractivity (Wildman–Crippen MR) is 2.06 cm³/mol. The van der Waals surface area contributed by atoms with Crippen molar-refractivity contribution >= 4 is 0 Å². The van der Waals surface area contributed by atoms with Gasteiger partial charge in [-0.2, -0.15) is 0 Å². The van der Waals surface area contributed by atoms with E-state index in [0.29, 0.717) is 0 Å². The molecule has 0 heterocycles. The van der Waals surface area contributed by atoms with Crippen molar-refractivity contribution in [1.29, 1.82) is 0 Å². The van der Waals surface area contributed by atoms with Gasteiger partial charge in [0.1, 0.15) is 0 Å². The summed E-state index contributed by atoms with van der Waals surface area (Å²) in [7, 11) is 0. The van der Waals surface area contributed by atoms with E-state index < -0.39 is 17.2 Å². The van der Waals surface area contributed by atoms with Crippen LogP contribution < -0.4 is 49.6 Å². The number of halogens is 4. The van der Waals surface area contributed by atoms with Crippen LogP contribution in [-0.4, -0.2) is 0 Å². The van der Waals surface area contributed by atoms with E-state index in [1.165, 1.54) is 0 Å². The Labute approximate surface area is 76.7 Å². The summed E-state index contributed by atoms with van der Waals surface area (Å²) in [6.07, 6.45) is 0. The molecular formula is Cl4O3W-4. The van der Waals surface area contributed by atoms with Crippen LogP contribution in [-0.2, 0) is 27.4 Å². The number of hydrogen-bond donors (Lipinski definition) is 0. The van der Waals surface area contributed by atoms with Crippen molar-refractivity contribution in [3.05, 3.63) is 0 Å². The van der Waals surface area contributed by atoms with Crippen molar-refractivity contribution < 1.29 is 77.0 Å². The molecule has 0 aromatic heterocycles. The van der Waals surface area contributed by atoms with E-state index in [9.17, 15) is 0 Å². The van der Waals surface area contributed by atoms with Crippen molar-refractivity contribution in [2.75, 3.05) is 0 Å². The quantitative estimate of drug-likeness (QED) is 0.424. The zero-order chi connectivity index (χ0) is 3.58. The molecule has 0 aromatic carbocycles. The van der Waals surface area contributed by atoms with Gasteiger partial charge in [0.25, 0.3) is 0 Å². The summed E-state index contributed by atoms with van der Waals surface area (Å²) in [6.45, 7) is 0. The molecule has 0 rings (SSSR count). The number of hydrogen-bond acceptors (Lipinski definition) is 3. The average molecular weight is 374 g/mol. The normalized spacial score (nSPS) is 3.00. The summed E-state index contributed by atoms with van der Waals surface area (Å²) >= 11 is -4.28. The van der Waals surface area contributed by atoms with Crippen LogP contribution in [0, 0.1) is 0 Å². The average Bonchev–Trinajstić information content (AvgIpc) is 0.811. The molecule has 56 valence electrons. The summed E-state index contributed by atoms with van der Waals surface area (Å²) in [5.74, 6) is 0. The first-order valence-electron chi connectivity index (χ1n) is 0.500. The van der Waals surface area contributed by atoms with Crippen LogP contribution in [0.25, 0.3) is 0 Å². The van der Waals surface area contributed by atoms with E-state index in [1.54, 1.807) is 0 Å². The Bertz CT molecular complexity index is 80.7. The molecule has 0 aliphatic heterocycles. The molecule has 0 saturated heterocycles. The standard InChI is InChI=1S/4ClH.3O.W/h4*1H;;;;/p-4.